The van der Waals surface area contributed by atoms with E-state index in [9.17, 15) is 10.2 Å². The van der Waals surface area contributed by atoms with Crippen molar-refractivity contribution in [1.29, 1.82) is 0 Å². The van der Waals surface area contributed by atoms with Crippen LogP contribution in [0, 0.1) is 5.41 Å². The minimum absolute atomic E-state index is 0.00859. The minimum atomic E-state index is -2.60. The molecule has 0 atom stereocenters. The Kier molecular flexibility index (Phi) is 17.1. The number of aromatic hydroxyl groups is 2. The minimum Gasteiger partial charge on any atom is -0.508 e. The summed E-state index contributed by atoms with van der Waals surface area (Å²) in [5.41, 5.74) is 3.54. The third-order valence-corrected chi connectivity index (χ3v) is 7.70. The molecule has 0 bridgehead atoms. The fraction of sp³-hybridized carbons (Fsp3) is 0.636. The Bertz CT molecular complexity index is 1070. The van der Waals surface area contributed by atoms with Gasteiger partial charge in [0, 0.05) is 0 Å². The quantitative estimate of drug-likeness (QED) is 0.146. The third-order valence-electron chi connectivity index (χ3n) is 6.98. The Morgan fingerprint density at radius 2 is 0.800 bits per heavy atom. The molecule has 8 N–H and O–H groups in total. The Balaban J connectivity index is 0.000000645. The highest BCUT2D eigenvalue weighted by Crippen LogP contribution is 2.36. The Labute approximate surface area is 272 Å². The lowest BCUT2D eigenvalue weighted by Crippen LogP contribution is -2.38. The van der Waals surface area contributed by atoms with Gasteiger partial charge in [0.15, 0.2) is 0 Å². The molecule has 0 spiro atoms. The van der Waals surface area contributed by atoms with E-state index in [1.54, 1.807) is 12.1 Å². The lowest BCUT2D eigenvalue weighted by Gasteiger charge is -2.28. The first-order valence-electron chi connectivity index (χ1n) is 14.7. The van der Waals surface area contributed by atoms with Crippen molar-refractivity contribution in [1.82, 2.24) is 0 Å². The SMILES string of the molecule is CC(C)(C)c1ccc(O)c(C(C)(C)C)c1.CC(C)(C)c1ccc(O)c(C(C)(C)C)c1.OCC(CO)(COP(O)O)COP(O)O. The maximum atomic E-state index is 9.84. The van der Waals surface area contributed by atoms with Gasteiger partial charge in [-0.2, -0.15) is 0 Å². The monoisotopic (exact) mass is 676 g/mol. The molecule has 45 heavy (non-hydrogen) atoms. The molecule has 2 aromatic rings. The van der Waals surface area contributed by atoms with Crippen LogP contribution in [0.4, 0.5) is 0 Å². The summed E-state index contributed by atoms with van der Waals surface area (Å²) in [7, 11) is -5.20. The molecule has 0 aliphatic carbocycles. The highest BCUT2D eigenvalue weighted by atomic mass is 31.2. The van der Waals surface area contributed by atoms with Gasteiger partial charge in [-0.15, -0.1) is 0 Å². The van der Waals surface area contributed by atoms with Crippen molar-refractivity contribution in [2.45, 2.75) is 105 Å². The average Bonchev–Trinajstić information content (AvgIpc) is 2.87. The highest BCUT2D eigenvalue weighted by molar-refractivity contribution is 7.39. The highest BCUT2D eigenvalue weighted by Gasteiger charge is 2.32. The molecule has 2 aromatic carbocycles. The van der Waals surface area contributed by atoms with Crippen molar-refractivity contribution in [3.63, 3.8) is 0 Å². The molecule has 0 radical (unpaired) electrons. The summed E-state index contributed by atoms with van der Waals surface area (Å²) in [4.78, 5) is 33.9. The number of phenolic OH excluding ortho intramolecular Hbond substituents is 2. The number of rotatable bonds is 8. The number of aliphatic hydroxyl groups excluding tert-OH is 2. The molecular weight excluding hydrogens is 618 g/mol. The summed E-state index contributed by atoms with van der Waals surface area (Å²) in [5, 5.41) is 37.6. The molecule has 0 aromatic heterocycles. The maximum Gasteiger partial charge on any atom is 0.327 e. The molecule has 0 heterocycles. The van der Waals surface area contributed by atoms with E-state index in [2.05, 4.69) is 104 Å². The van der Waals surface area contributed by atoms with E-state index in [4.69, 9.17) is 29.8 Å². The normalized spacial score (nSPS) is 12.9. The first-order chi connectivity index (χ1) is 20.2. The van der Waals surface area contributed by atoms with Gasteiger partial charge in [0.2, 0.25) is 0 Å². The van der Waals surface area contributed by atoms with Crippen LogP contribution in [0.5, 0.6) is 11.5 Å². The Hall–Kier alpha value is -1.42. The van der Waals surface area contributed by atoms with E-state index in [0.29, 0.717) is 11.5 Å². The first-order valence-corrected chi connectivity index (χ1v) is 17.0. The van der Waals surface area contributed by atoms with Crippen LogP contribution in [0.15, 0.2) is 36.4 Å². The van der Waals surface area contributed by atoms with Gasteiger partial charge in [0.1, 0.15) is 11.5 Å². The van der Waals surface area contributed by atoms with Crippen molar-refractivity contribution in [2.75, 3.05) is 26.4 Å². The zero-order valence-electron chi connectivity index (χ0n) is 29.1. The van der Waals surface area contributed by atoms with Gasteiger partial charge in [-0.1, -0.05) is 107 Å². The fourth-order valence-corrected chi connectivity index (χ4v) is 4.65. The summed E-state index contributed by atoms with van der Waals surface area (Å²) >= 11 is 0. The second kappa shape index (κ2) is 17.7. The predicted octanol–water partition coefficient (Wildman–Crippen LogP) is 6.39. The van der Waals surface area contributed by atoms with Crippen LogP contribution in [-0.2, 0) is 30.7 Å². The summed E-state index contributed by atoms with van der Waals surface area (Å²) in [6.07, 6.45) is 0. The summed E-state index contributed by atoms with van der Waals surface area (Å²) < 4.78 is 8.88. The van der Waals surface area contributed by atoms with E-state index in [0.717, 1.165) is 11.1 Å². The Morgan fingerprint density at radius 3 is 1.00 bits per heavy atom. The van der Waals surface area contributed by atoms with Gasteiger partial charge in [-0.05, 0) is 56.0 Å². The third kappa shape index (κ3) is 15.8. The largest absolute Gasteiger partial charge is 0.508 e. The topological polar surface area (TPSA) is 180 Å². The van der Waals surface area contributed by atoms with Crippen LogP contribution >= 0.6 is 17.2 Å². The van der Waals surface area contributed by atoms with E-state index in [-0.39, 0.29) is 34.9 Å². The van der Waals surface area contributed by atoms with Crippen molar-refractivity contribution in [3.8, 4) is 11.5 Å². The molecule has 10 nitrogen and oxygen atoms in total. The molecule has 0 amide bonds. The first kappa shape index (κ1) is 43.6. The number of phenols is 2. The van der Waals surface area contributed by atoms with E-state index < -0.39 is 35.8 Å². The van der Waals surface area contributed by atoms with Gasteiger partial charge in [-0.3, -0.25) is 0 Å². The van der Waals surface area contributed by atoms with E-state index >= 15 is 0 Å². The summed E-state index contributed by atoms with van der Waals surface area (Å²) in [5.74, 6) is 0.797. The van der Waals surface area contributed by atoms with Crippen molar-refractivity contribution < 1.29 is 49.0 Å². The molecule has 0 saturated heterocycles. The smallest absolute Gasteiger partial charge is 0.327 e. The van der Waals surface area contributed by atoms with Gasteiger partial charge < -0.3 is 49.0 Å². The lowest BCUT2D eigenvalue weighted by atomic mass is 9.80. The molecule has 0 unspecified atom stereocenters. The van der Waals surface area contributed by atoms with Gasteiger partial charge in [0.25, 0.3) is 0 Å². The molecule has 0 aliphatic rings. The van der Waals surface area contributed by atoms with E-state index in [1.807, 2.05) is 12.1 Å². The maximum absolute atomic E-state index is 9.84. The summed E-state index contributed by atoms with van der Waals surface area (Å²) in [6, 6.07) is 11.9. The second-order valence-corrected chi connectivity index (χ2v) is 16.9. The number of benzene rings is 2. The fourth-order valence-electron chi connectivity index (χ4n) is 3.87. The van der Waals surface area contributed by atoms with Crippen molar-refractivity contribution in [2.24, 2.45) is 5.41 Å². The zero-order chi connectivity index (χ0) is 35.6. The molecular formula is C33H58O10P2. The molecule has 12 heteroatoms. The zero-order valence-corrected chi connectivity index (χ0v) is 30.9. The van der Waals surface area contributed by atoms with E-state index in [1.165, 1.54) is 11.1 Å². The number of aliphatic hydroxyl groups is 2. The molecule has 2 rings (SSSR count). The van der Waals surface area contributed by atoms with Crippen molar-refractivity contribution >= 4 is 17.2 Å². The van der Waals surface area contributed by atoms with Crippen LogP contribution in [0.2, 0.25) is 0 Å². The van der Waals surface area contributed by atoms with Crippen LogP contribution in [0.25, 0.3) is 0 Å². The average molecular weight is 677 g/mol. The molecule has 0 saturated carbocycles. The number of hydrogen-bond acceptors (Lipinski definition) is 10. The van der Waals surface area contributed by atoms with Gasteiger partial charge in [-0.25, -0.2) is 0 Å². The Morgan fingerprint density at radius 1 is 0.511 bits per heavy atom. The standard InChI is InChI=1S/2C14H22O.C5H14O8P2/c2*1-13(2,3)10-7-8-12(15)11(9-10)14(4,5)6;6-1-5(2-7,3-12-14(8)9)4-13-15(10)11/h2*7-9,15H,1-6H3;6-11H,1-4H2. The molecule has 0 aliphatic heterocycles. The van der Waals surface area contributed by atoms with Crippen LogP contribution in [0.3, 0.4) is 0 Å². The van der Waals surface area contributed by atoms with Crippen LogP contribution in [-0.4, -0.2) is 66.4 Å². The second-order valence-electron chi connectivity index (χ2n) is 15.3. The summed E-state index contributed by atoms with van der Waals surface area (Å²) in [6.45, 7) is 24.0. The lowest BCUT2D eigenvalue weighted by molar-refractivity contribution is -0.0232. The van der Waals surface area contributed by atoms with Crippen LogP contribution in [0.1, 0.15) is 105 Å². The predicted molar refractivity (Wildman–Crippen MR) is 182 cm³/mol. The van der Waals surface area contributed by atoms with Crippen LogP contribution < -0.4 is 0 Å². The van der Waals surface area contributed by atoms with Gasteiger partial charge >= 0.3 is 17.2 Å². The molecule has 0 fully saturated rings. The molecule has 260 valence electrons. The van der Waals surface area contributed by atoms with Gasteiger partial charge in [0.05, 0.1) is 31.8 Å². The van der Waals surface area contributed by atoms with Crippen molar-refractivity contribution in [3.05, 3.63) is 58.7 Å². The number of hydrogen-bond donors (Lipinski definition) is 8.